The standard InChI is InChI=1S/C11H15N3O4/c1-11(3-2-4-18-11)5-12-9(15)7-8(10(16)17)14-6-13-7/h6H,2-5H2,1H3,(H,12,15)(H,13,14)(H,16,17). The predicted molar refractivity (Wildman–Crippen MR) is 61.5 cm³/mol. The molecule has 0 spiro atoms. The molecule has 1 saturated heterocycles. The van der Waals surface area contributed by atoms with Gasteiger partial charge in [-0.1, -0.05) is 0 Å². The number of nitrogens with one attached hydrogen (secondary N) is 2. The Kier molecular flexibility index (Phi) is 3.33. The molecule has 0 saturated carbocycles. The van der Waals surface area contributed by atoms with Crippen LogP contribution in [0.3, 0.4) is 0 Å². The molecular formula is C11H15N3O4. The molecule has 1 aromatic rings. The van der Waals surface area contributed by atoms with Crippen LogP contribution in [0.15, 0.2) is 6.33 Å². The van der Waals surface area contributed by atoms with Crippen LogP contribution in [0.25, 0.3) is 0 Å². The third-order valence-corrected chi connectivity index (χ3v) is 2.99. The molecule has 1 amide bonds. The molecule has 2 heterocycles. The fraction of sp³-hybridized carbons (Fsp3) is 0.545. The van der Waals surface area contributed by atoms with Gasteiger partial charge in [-0.15, -0.1) is 0 Å². The number of carbonyl (C=O) groups is 2. The van der Waals surface area contributed by atoms with Gasteiger partial charge in [0.25, 0.3) is 5.91 Å². The number of amides is 1. The molecule has 1 fully saturated rings. The van der Waals surface area contributed by atoms with Crippen molar-refractivity contribution >= 4 is 11.9 Å². The van der Waals surface area contributed by atoms with E-state index < -0.39 is 11.9 Å². The number of rotatable bonds is 4. The minimum absolute atomic E-state index is 0.107. The van der Waals surface area contributed by atoms with Crippen LogP contribution in [0.5, 0.6) is 0 Å². The lowest BCUT2D eigenvalue weighted by Crippen LogP contribution is -2.40. The van der Waals surface area contributed by atoms with Gasteiger partial charge in [-0.3, -0.25) is 4.79 Å². The second kappa shape index (κ2) is 4.77. The summed E-state index contributed by atoms with van der Waals surface area (Å²) < 4.78 is 5.53. The zero-order valence-corrected chi connectivity index (χ0v) is 10.0. The van der Waals surface area contributed by atoms with E-state index in [1.165, 1.54) is 6.33 Å². The number of H-pyrrole nitrogens is 1. The van der Waals surface area contributed by atoms with Crippen LogP contribution in [0.1, 0.15) is 40.7 Å². The first-order chi connectivity index (χ1) is 8.52. The average Bonchev–Trinajstić information content (AvgIpc) is 2.95. The summed E-state index contributed by atoms with van der Waals surface area (Å²) >= 11 is 0. The highest BCUT2D eigenvalue weighted by Gasteiger charge is 2.31. The fourth-order valence-corrected chi connectivity index (χ4v) is 1.96. The van der Waals surface area contributed by atoms with E-state index in [9.17, 15) is 9.59 Å². The van der Waals surface area contributed by atoms with Gasteiger partial charge in [0.2, 0.25) is 0 Å². The van der Waals surface area contributed by atoms with Gasteiger partial charge >= 0.3 is 5.97 Å². The normalized spacial score (nSPS) is 22.9. The summed E-state index contributed by atoms with van der Waals surface area (Å²) in [5.74, 6) is -1.72. The summed E-state index contributed by atoms with van der Waals surface area (Å²) in [5.41, 5.74) is -0.677. The molecule has 3 N–H and O–H groups in total. The molecule has 1 unspecified atom stereocenters. The van der Waals surface area contributed by atoms with Gasteiger partial charge in [0.05, 0.1) is 11.9 Å². The Morgan fingerprint density at radius 1 is 1.67 bits per heavy atom. The topological polar surface area (TPSA) is 104 Å². The highest BCUT2D eigenvalue weighted by Crippen LogP contribution is 2.23. The molecule has 0 bridgehead atoms. The lowest BCUT2D eigenvalue weighted by Gasteiger charge is -2.23. The van der Waals surface area contributed by atoms with E-state index in [0.717, 1.165) is 12.8 Å². The van der Waals surface area contributed by atoms with E-state index >= 15 is 0 Å². The molecule has 1 aliphatic rings. The van der Waals surface area contributed by atoms with Crippen molar-refractivity contribution in [2.75, 3.05) is 13.2 Å². The van der Waals surface area contributed by atoms with Gasteiger partial charge in [-0.2, -0.15) is 0 Å². The van der Waals surface area contributed by atoms with Gasteiger partial charge in [0, 0.05) is 13.2 Å². The average molecular weight is 253 g/mol. The van der Waals surface area contributed by atoms with E-state index in [-0.39, 0.29) is 17.0 Å². The number of hydrogen-bond acceptors (Lipinski definition) is 4. The summed E-state index contributed by atoms with van der Waals surface area (Å²) in [5, 5.41) is 11.5. The van der Waals surface area contributed by atoms with Crippen LogP contribution >= 0.6 is 0 Å². The Labute approximate surface area is 104 Å². The van der Waals surface area contributed by atoms with Crippen molar-refractivity contribution in [2.45, 2.75) is 25.4 Å². The second-order valence-electron chi connectivity index (χ2n) is 4.52. The zero-order chi connectivity index (χ0) is 13.2. The summed E-state index contributed by atoms with van der Waals surface area (Å²) in [6.45, 7) is 2.95. The number of aromatic amines is 1. The first-order valence-electron chi connectivity index (χ1n) is 5.71. The monoisotopic (exact) mass is 253 g/mol. The van der Waals surface area contributed by atoms with Gasteiger partial charge in [-0.05, 0) is 19.8 Å². The quantitative estimate of drug-likeness (QED) is 0.720. The Hall–Kier alpha value is -1.89. The van der Waals surface area contributed by atoms with Gasteiger partial charge in [0.15, 0.2) is 11.4 Å². The number of aromatic carboxylic acids is 1. The Bertz CT molecular complexity index is 463. The van der Waals surface area contributed by atoms with Crippen LogP contribution in [0.2, 0.25) is 0 Å². The molecule has 1 atom stereocenters. The van der Waals surface area contributed by atoms with Gasteiger partial charge in [-0.25, -0.2) is 9.78 Å². The smallest absolute Gasteiger partial charge is 0.354 e. The Morgan fingerprint density at radius 2 is 2.44 bits per heavy atom. The van der Waals surface area contributed by atoms with Crippen molar-refractivity contribution in [3.05, 3.63) is 17.7 Å². The number of carbonyl (C=O) groups excluding carboxylic acids is 1. The minimum Gasteiger partial charge on any atom is -0.477 e. The number of imidazole rings is 1. The summed E-state index contributed by atoms with van der Waals surface area (Å²) in [6, 6.07) is 0. The molecule has 7 nitrogen and oxygen atoms in total. The van der Waals surface area contributed by atoms with Gasteiger partial charge < -0.3 is 20.1 Å². The molecule has 0 radical (unpaired) electrons. The number of ether oxygens (including phenoxy) is 1. The predicted octanol–water partition coefficient (Wildman–Crippen LogP) is 0.407. The Balaban J connectivity index is 1.99. The van der Waals surface area contributed by atoms with Crippen LogP contribution < -0.4 is 5.32 Å². The van der Waals surface area contributed by atoms with Gasteiger partial charge in [0.1, 0.15) is 0 Å². The molecule has 1 aliphatic heterocycles. The van der Waals surface area contributed by atoms with Crippen LogP contribution in [0.4, 0.5) is 0 Å². The molecule has 18 heavy (non-hydrogen) atoms. The van der Waals surface area contributed by atoms with E-state index in [1.807, 2.05) is 6.92 Å². The van der Waals surface area contributed by atoms with Crippen molar-refractivity contribution in [1.29, 1.82) is 0 Å². The van der Waals surface area contributed by atoms with Crippen LogP contribution in [-0.2, 0) is 4.74 Å². The number of aromatic nitrogens is 2. The number of carboxylic acids is 1. The van der Waals surface area contributed by atoms with Crippen molar-refractivity contribution in [1.82, 2.24) is 15.3 Å². The molecule has 98 valence electrons. The maximum Gasteiger partial charge on any atom is 0.354 e. The Morgan fingerprint density at radius 3 is 3.06 bits per heavy atom. The van der Waals surface area contributed by atoms with Crippen molar-refractivity contribution in [3.63, 3.8) is 0 Å². The number of carboxylic acid groups (broad SMARTS) is 1. The SMILES string of the molecule is CC1(CNC(=O)c2nc[nH]c2C(=O)O)CCCO1. The van der Waals surface area contributed by atoms with E-state index in [0.29, 0.717) is 13.2 Å². The zero-order valence-electron chi connectivity index (χ0n) is 10.0. The number of hydrogen-bond donors (Lipinski definition) is 3. The van der Waals surface area contributed by atoms with Crippen molar-refractivity contribution < 1.29 is 19.4 Å². The third kappa shape index (κ3) is 2.51. The summed E-state index contributed by atoms with van der Waals surface area (Å²) in [6.07, 6.45) is 3.03. The van der Waals surface area contributed by atoms with Crippen molar-refractivity contribution in [2.24, 2.45) is 0 Å². The van der Waals surface area contributed by atoms with Crippen LogP contribution in [0, 0.1) is 0 Å². The van der Waals surface area contributed by atoms with Crippen molar-refractivity contribution in [3.8, 4) is 0 Å². The highest BCUT2D eigenvalue weighted by atomic mass is 16.5. The highest BCUT2D eigenvalue weighted by molar-refractivity contribution is 6.02. The minimum atomic E-state index is -1.21. The van der Waals surface area contributed by atoms with E-state index in [1.54, 1.807) is 0 Å². The molecule has 7 heteroatoms. The molecule has 1 aromatic heterocycles. The fourth-order valence-electron chi connectivity index (χ4n) is 1.96. The second-order valence-corrected chi connectivity index (χ2v) is 4.52. The van der Waals surface area contributed by atoms with E-state index in [4.69, 9.17) is 9.84 Å². The molecule has 0 aromatic carbocycles. The maximum atomic E-state index is 11.8. The lowest BCUT2D eigenvalue weighted by atomic mass is 10.0. The molecule has 2 rings (SSSR count). The summed E-state index contributed by atoms with van der Waals surface area (Å²) in [4.78, 5) is 28.8. The lowest BCUT2D eigenvalue weighted by molar-refractivity contribution is 0.0205. The largest absolute Gasteiger partial charge is 0.477 e. The maximum absolute atomic E-state index is 11.8. The first kappa shape index (κ1) is 12.6. The summed E-state index contributed by atoms with van der Waals surface area (Å²) in [7, 11) is 0. The number of nitrogens with zero attached hydrogens (tertiary/aromatic N) is 1. The first-order valence-corrected chi connectivity index (χ1v) is 5.71. The molecular weight excluding hydrogens is 238 g/mol. The molecule has 0 aliphatic carbocycles. The third-order valence-electron chi connectivity index (χ3n) is 2.99. The van der Waals surface area contributed by atoms with E-state index in [2.05, 4.69) is 15.3 Å². The van der Waals surface area contributed by atoms with Crippen LogP contribution in [-0.4, -0.2) is 45.7 Å².